The Balaban J connectivity index is 2.28. The summed E-state index contributed by atoms with van der Waals surface area (Å²) in [5.41, 5.74) is -5.11. The van der Waals surface area contributed by atoms with Gasteiger partial charge in [0.2, 0.25) is 0 Å². The maximum absolute atomic E-state index is 12.2. The number of alkyl halides is 3. The number of anilines is 1. The summed E-state index contributed by atoms with van der Waals surface area (Å²) in [6.45, 7) is 0.294. The highest BCUT2D eigenvalue weighted by Crippen LogP contribution is 2.35. The van der Waals surface area contributed by atoms with Crippen molar-refractivity contribution in [2.45, 2.75) is 18.0 Å². The van der Waals surface area contributed by atoms with Crippen LogP contribution in [0.3, 0.4) is 0 Å². The minimum Gasteiger partial charge on any atom is -0.370 e. The molecule has 1 aliphatic heterocycles. The van der Waals surface area contributed by atoms with Crippen molar-refractivity contribution in [2.75, 3.05) is 11.9 Å². The second-order valence-corrected chi connectivity index (χ2v) is 5.21. The lowest BCUT2D eigenvalue weighted by atomic mass is 10.0. The van der Waals surface area contributed by atoms with E-state index in [2.05, 4.69) is 14.5 Å². The molecule has 0 aromatic carbocycles. The van der Waals surface area contributed by atoms with Crippen molar-refractivity contribution in [3.63, 3.8) is 0 Å². The fourth-order valence-electron chi connectivity index (χ4n) is 1.61. The first-order chi connectivity index (χ1) is 8.31. The number of nitrogens with one attached hydrogen (secondary N) is 1. The van der Waals surface area contributed by atoms with Gasteiger partial charge in [0.05, 0.1) is 0 Å². The Bertz CT molecular complexity index is 544. The van der Waals surface area contributed by atoms with E-state index in [1.807, 2.05) is 0 Å². The summed E-state index contributed by atoms with van der Waals surface area (Å²) in [5, 5.41) is 2.85. The molecule has 1 aromatic rings. The van der Waals surface area contributed by atoms with Crippen molar-refractivity contribution in [1.82, 2.24) is 4.98 Å². The molecular weight excluding hydrogens is 273 g/mol. The Morgan fingerprint density at radius 3 is 2.83 bits per heavy atom. The van der Waals surface area contributed by atoms with Gasteiger partial charge < -0.3 is 5.32 Å². The average Bonchev–Trinajstić information content (AvgIpc) is 2.27. The number of hydrogen-bond donors (Lipinski definition) is 1. The van der Waals surface area contributed by atoms with Gasteiger partial charge in [-0.15, -0.1) is 0 Å². The zero-order chi connectivity index (χ0) is 13.4. The Morgan fingerprint density at radius 2 is 2.17 bits per heavy atom. The van der Waals surface area contributed by atoms with E-state index in [0.29, 0.717) is 17.9 Å². The maximum Gasteiger partial charge on any atom is 0.523 e. The highest BCUT2D eigenvalue weighted by Gasteiger charge is 2.49. The van der Waals surface area contributed by atoms with Crippen LogP contribution < -0.4 is 5.32 Å². The predicted molar refractivity (Wildman–Crippen MR) is 56.1 cm³/mol. The molecule has 0 bridgehead atoms. The number of fused-ring (bicyclic) bond motifs is 1. The maximum atomic E-state index is 12.2. The van der Waals surface area contributed by atoms with Crippen LogP contribution in [-0.4, -0.2) is 25.5 Å². The number of aromatic nitrogens is 1. The fraction of sp³-hybridized carbons (Fsp3) is 0.444. The molecule has 100 valence electrons. The van der Waals surface area contributed by atoms with Crippen LogP contribution in [-0.2, 0) is 14.3 Å². The molecule has 0 amide bonds. The van der Waals surface area contributed by atoms with Gasteiger partial charge in [-0.1, -0.05) is 6.07 Å². The molecule has 0 aliphatic carbocycles. The van der Waals surface area contributed by atoms with E-state index >= 15 is 0 Å². The van der Waals surface area contributed by atoms with Gasteiger partial charge in [-0.05, 0) is 12.5 Å². The first-order valence-corrected chi connectivity index (χ1v) is 6.40. The molecule has 0 radical (unpaired) electrons. The van der Waals surface area contributed by atoms with Crippen LogP contribution in [0.4, 0.5) is 19.0 Å². The predicted octanol–water partition coefficient (Wildman–Crippen LogP) is 1.80. The molecule has 9 heteroatoms. The molecule has 1 atom stereocenters. The van der Waals surface area contributed by atoms with Crippen LogP contribution in [0.1, 0.15) is 18.1 Å². The molecular formula is C9H9F3N2O3S. The molecule has 2 heterocycles. The summed E-state index contributed by atoms with van der Waals surface area (Å²) in [4.78, 5) is 3.89. The molecule has 1 aliphatic rings. The van der Waals surface area contributed by atoms with Gasteiger partial charge in [-0.3, -0.25) is 4.18 Å². The quantitative estimate of drug-likeness (QED) is 0.661. The zero-order valence-electron chi connectivity index (χ0n) is 8.94. The van der Waals surface area contributed by atoms with Crippen LogP contribution >= 0.6 is 0 Å². The van der Waals surface area contributed by atoms with E-state index in [0.717, 1.165) is 0 Å². The number of pyridine rings is 1. The molecule has 0 spiro atoms. The van der Waals surface area contributed by atoms with Crippen molar-refractivity contribution in [3.8, 4) is 0 Å². The van der Waals surface area contributed by atoms with Crippen LogP contribution in [0.25, 0.3) is 0 Å². The topological polar surface area (TPSA) is 68.3 Å². The number of halogens is 3. The summed E-state index contributed by atoms with van der Waals surface area (Å²) in [6.07, 6.45) is 0.405. The van der Waals surface area contributed by atoms with Crippen molar-refractivity contribution < 1.29 is 25.8 Å². The van der Waals surface area contributed by atoms with Crippen LogP contribution in [0.2, 0.25) is 0 Å². The highest BCUT2D eigenvalue weighted by atomic mass is 32.2. The summed E-state index contributed by atoms with van der Waals surface area (Å²) in [6, 6.07) is 2.98. The lowest BCUT2D eigenvalue weighted by Crippen LogP contribution is -2.29. The van der Waals surface area contributed by atoms with Crippen molar-refractivity contribution in [1.29, 1.82) is 0 Å². The molecule has 0 saturated heterocycles. The summed E-state index contributed by atoms with van der Waals surface area (Å²) < 4.78 is 62.8. The SMILES string of the molecule is O=S(=O)(OC1CCNc2ncccc21)C(F)(F)F. The summed E-state index contributed by atoms with van der Waals surface area (Å²) >= 11 is 0. The molecule has 1 unspecified atom stereocenters. The average molecular weight is 282 g/mol. The molecule has 5 nitrogen and oxygen atoms in total. The van der Waals surface area contributed by atoms with Gasteiger partial charge in [0.1, 0.15) is 11.9 Å². The van der Waals surface area contributed by atoms with E-state index in [9.17, 15) is 21.6 Å². The minimum atomic E-state index is -5.60. The smallest absolute Gasteiger partial charge is 0.370 e. The van der Waals surface area contributed by atoms with Gasteiger partial charge in [0, 0.05) is 18.3 Å². The second kappa shape index (κ2) is 4.39. The molecule has 0 saturated carbocycles. The first-order valence-electron chi connectivity index (χ1n) is 4.99. The Labute approximate surface area is 101 Å². The molecule has 1 N–H and O–H groups in total. The van der Waals surface area contributed by atoms with E-state index in [4.69, 9.17) is 0 Å². The van der Waals surface area contributed by atoms with Crippen molar-refractivity contribution in [3.05, 3.63) is 23.9 Å². The van der Waals surface area contributed by atoms with Crippen LogP contribution in [0.15, 0.2) is 18.3 Å². The Morgan fingerprint density at radius 1 is 1.44 bits per heavy atom. The fourth-order valence-corrected chi connectivity index (χ4v) is 2.22. The lowest BCUT2D eigenvalue weighted by Gasteiger charge is -2.25. The van der Waals surface area contributed by atoms with E-state index in [1.165, 1.54) is 18.3 Å². The monoisotopic (exact) mass is 282 g/mol. The van der Waals surface area contributed by atoms with Gasteiger partial charge in [0.15, 0.2) is 0 Å². The van der Waals surface area contributed by atoms with Gasteiger partial charge in [-0.25, -0.2) is 4.98 Å². The number of nitrogens with zero attached hydrogens (tertiary/aromatic N) is 1. The number of rotatable bonds is 2. The van der Waals surface area contributed by atoms with Gasteiger partial charge >= 0.3 is 15.6 Å². The zero-order valence-corrected chi connectivity index (χ0v) is 9.75. The van der Waals surface area contributed by atoms with E-state index < -0.39 is 21.7 Å². The van der Waals surface area contributed by atoms with Crippen molar-refractivity contribution in [2.24, 2.45) is 0 Å². The molecule has 1 aromatic heterocycles. The Kier molecular flexibility index (Phi) is 3.20. The van der Waals surface area contributed by atoms with Crippen molar-refractivity contribution >= 4 is 15.9 Å². The highest BCUT2D eigenvalue weighted by molar-refractivity contribution is 7.87. The van der Waals surface area contributed by atoms with Crippen LogP contribution in [0.5, 0.6) is 0 Å². The second-order valence-electron chi connectivity index (χ2n) is 3.64. The van der Waals surface area contributed by atoms with Gasteiger partial charge in [-0.2, -0.15) is 21.6 Å². The third-order valence-electron chi connectivity index (χ3n) is 2.41. The molecule has 2 rings (SSSR count). The summed E-state index contributed by atoms with van der Waals surface area (Å²) in [7, 11) is -5.60. The van der Waals surface area contributed by atoms with Gasteiger partial charge in [0.25, 0.3) is 0 Å². The lowest BCUT2D eigenvalue weighted by molar-refractivity contribution is -0.0577. The van der Waals surface area contributed by atoms with Crippen LogP contribution in [0, 0.1) is 0 Å². The molecule has 18 heavy (non-hydrogen) atoms. The third-order valence-corrected chi connectivity index (χ3v) is 3.46. The summed E-state index contributed by atoms with van der Waals surface area (Å²) in [5.74, 6) is 0.339. The Hall–Kier alpha value is -1.35. The normalized spacial score (nSPS) is 20.1. The van der Waals surface area contributed by atoms with E-state index in [1.54, 1.807) is 0 Å². The minimum absolute atomic E-state index is 0.119. The van der Waals surface area contributed by atoms with E-state index in [-0.39, 0.29) is 6.42 Å². The first kappa shape index (κ1) is 13.1. The standard InChI is InChI=1S/C9H9F3N2O3S/c10-9(11,12)18(15,16)17-7-3-5-14-8-6(7)2-1-4-13-8/h1-2,4,7H,3,5H2,(H,13,14). The molecule has 0 fully saturated rings. The third kappa shape index (κ3) is 2.41. The largest absolute Gasteiger partial charge is 0.523 e. The number of hydrogen-bond acceptors (Lipinski definition) is 5.